The van der Waals surface area contributed by atoms with E-state index >= 15 is 0 Å². The van der Waals surface area contributed by atoms with Crippen LogP contribution in [0.4, 0.5) is 0 Å². The van der Waals surface area contributed by atoms with Crippen LogP contribution in [0.2, 0.25) is 0 Å². The van der Waals surface area contributed by atoms with Crippen molar-refractivity contribution in [3.8, 4) is 0 Å². The first-order valence-electron chi connectivity index (χ1n) is 3.65. The summed E-state index contributed by atoms with van der Waals surface area (Å²) in [4.78, 5) is 0.954. The Labute approximate surface area is 88.9 Å². The van der Waals surface area contributed by atoms with Gasteiger partial charge in [0.1, 0.15) is 4.99 Å². The maximum absolute atomic E-state index is 5.35. The number of rotatable bonds is 1. The summed E-state index contributed by atoms with van der Waals surface area (Å²) in [5.41, 5.74) is 11.1. The molecule has 0 aliphatic carbocycles. The number of hydrogen-bond acceptors (Lipinski definition) is 2. The molecule has 4 N–H and O–H groups in total. The van der Waals surface area contributed by atoms with Crippen LogP contribution < -0.4 is 11.5 Å². The Balaban J connectivity index is 0.000000310. The highest BCUT2D eigenvalue weighted by Gasteiger charge is 1.89. The van der Waals surface area contributed by atoms with E-state index in [1.165, 1.54) is 0 Å². The van der Waals surface area contributed by atoms with Gasteiger partial charge in [-0.05, 0) is 6.92 Å². The molecule has 1 aromatic rings. The molecule has 1 aromatic carbocycles. The summed E-state index contributed by atoms with van der Waals surface area (Å²) in [6.07, 6.45) is 0. The standard InChI is InChI=1S/C7H7NS.C2H5NS/c8-7(9)6-4-2-1-3-5-6;1-2(3)4/h1-5H,(H2,8,9);1H3,(H2,3,4). The third-order valence-electron chi connectivity index (χ3n) is 1.06. The molecule has 0 saturated carbocycles. The minimum absolute atomic E-state index is 0.454. The molecule has 0 aromatic heterocycles. The smallest absolute Gasteiger partial charge is 0.103 e. The van der Waals surface area contributed by atoms with Gasteiger partial charge in [0, 0.05) is 5.56 Å². The summed E-state index contributed by atoms with van der Waals surface area (Å²) in [6, 6.07) is 9.54. The summed E-state index contributed by atoms with van der Waals surface area (Å²) in [5.74, 6) is 0. The first kappa shape index (κ1) is 12.0. The lowest BCUT2D eigenvalue weighted by atomic mass is 10.2. The Bertz CT molecular complexity index is 279. The van der Waals surface area contributed by atoms with Crippen molar-refractivity contribution in [2.75, 3.05) is 0 Å². The highest BCUT2D eigenvalue weighted by atomic mass is 32.1. The summed E-state index contributed by atoms with van der Waals surface area (Å²) >= 11 is 9.05. The van der Waals surface area contributed by atoms with Crippen molar-refractivity contribution in [1.29, 1.82) is 0 Å². The lowest BCUT2D eigenvalue weighted by molar-refractivity contribution is 1.63. The maximum atomic E-state index is 5.35. The summed E-state index contributed by atoms with van der Waals surface area (Å²) in [7, 11) is 0. The molecule has 1 rings (SSSR count). The maximum Gasteiger partial charge on any atom is 0.103 e. The number of hydrogen-bond donors (Lipinski definition) is 2. The highest BCUT2D eigenvalue weighted by molar-refractivity contribution is 7.80. The van der Waals surface area contributed by atoms with E-state index in [1.54, 1.807) is 6.92 Å². The molecule has 0 bridgehead atoms. The fraction of sp³-hybridized carbons (Fsp3) is 0.111. The van der Waals surface area contributed by atoms with E-state index in [1.807, 2.05) is 30.3 Å². The fourth-order valence-corrected chi connectivity index (χ4v) is 0.739. The van der Waals surface area contributed by atoms with E-state index in [9.17, 15) is 0 Å². The van der Waals surface area contributed by atoms with Crippen molar-refractivity contribution in [2.45, 2.75) is 6.92 Å². The number of benzene rings is 1. The molecule has 0 aliphatic rings. The average molecular weight is 212 g/mol. The lowest BCUT2D eigenvalue weighted by Crippen LogP contribution is -2.08. The number of nitrogens with two attached hydrogens (primary N) is 2. The SMILES string of the molecule is CC(N)=S.NC(=S)c1ccccc1. The molecule has 0 saturated heterocycles. The molecule has 0 spiro atoms. The van der Waals surface area contributed by atoms with Crippen LogP contribution in [0.5, 0.6) is 0 Å². The third-order valence-corrected chi connectivity index (χ3v) is 1.29. The Kier molecular flexibility index (Phi) is 6.01. The molecule has 0 radical (unpaired) electrons. The van der Waals surface area contributed by atoms with Crippen LogP contribution >= 0.6 is 24.4 Å². The largest absolute Gasteiger partial charge is 0.394 e. The minimum atomic E-state index is 0.454. The molecule has 4 heteroatoms. The first-order valence-corrected chi connectivity index (χ1v) is 4.46. The van der Waals surface area contributed by atoms with Gasteiger partial charge in [-0.3, -0.25) is 0 Å². The van der Waals surface area contributed by atoms with E-state index in [4.69, 9.17) is 23.7 Å². The molecule has 0 aliphatic heterocycles. The Morgan fingerprint density at radius 3 is 1.69 bits per heavy atom. The molecule has 0 atom stereocenters. The highest BCUT2D eigenvalue weighted by Crippen LogP contribution is 1.96. The van der Waals surface area contributed by atoms with Gasteiger partial charge in [0.05, 0.1) is 4.99 Å². The molecular formula is C9H12N2S2. The number of thiocarbonyl (C=S) groups is 2. The molecule has 13 heavy (non-hydrogen) atoms. The summed E-state index contributed by atoms with van der Waals surface area (Å²) in [5, 5.41) is 0. The molecule has 0 fully saturated rings. The van der Waals surface area contributed by atoms with Crippen molar-refractivity contribution >= 4 is 34.4 Å². The van der Waals surface area contributed by atoms with E-state index in [0.29, 0.717) is 9.98 Å². The second kappa shape index (κ2) is 6.51. The van der Waals surface area contributed by atoms with Gasteiger partial charge in [0.2, 0.25) is 0 Å². The van der Waals surface area contributed by atoms with Gasteiger partial charge in [0.25, 0.3) is 0 Å². The Morgan fingerprint density at radius 1 is 1.08 bits per heavy atom. The van der Waals surface area contributed by atoms with Crippen molar-refractivity contribution in [3.05, 3.63) is 35.9 Å². The lowest BCUT2D eigenvalue weighted by Gasteiger charge is -1.92. The predicted molar refractivity (Wildman–Crippen MR) is 64.8 cm³/mol. The van der Waals surface area contributed by atoms with Gasteiger partial charge in [0.15, 0.2) is 0 Å². The van der Waals surface area contributed by atoms with Gasteiger partial charge in [-0.1, -0.05) is 54.8 Å². The van der Waals surface area contributed by atoms with E-state index in [2.05, 4.69) is 12.2 Å². The van der Waals surface area contributed by atoms with Crippen LogP contribution in [0.3, 0.4) is 0 Å². The second-order valence-corrected chi connectivity index (χ2v) is 3.42. The topological polar surface area (TPSA) is 52.0 Å². The van der Waals surface area contributed by atoms with Gasteiger partial charge in [-0.15, -0.1) is 0 Å². The summed E-state index contributed by atoms with van der Waals surface area (Å²) in [6.45, 7) is 1.68. The zero-order chi connectivity index (χ0) is 10.3. The first-order chi connectivity index (χ1) is 6.04. The molecule has 0 unspecified atom stereocenters. The molecular weight excluding hydrogens is 200 g/mol. The third kappa shape index (κ3) is 7.36. The van der Waals surface area contributed by atoms with Crippen molar-refractivity contribution in [3.63, 3.8) is 0 Å². The van der Waals surface area contributed by atoms with Crippen LogP contribution in [0, 0.1) is 0 Å². The zero-order valence-corrected chi connectivity index (χ0v) is 8.99. The van der Waals surface area contributed by atoms with Gasteiger partial charge in [-0.25, -0.2) is 0 Å². The van der Waals surface area contributed by atoms with Crippen LogP contribution in [-0.4, -0.2) is 9.98 Å². The van der Waals surface area contributed by atoms with Gasteiger partial charge >= 0.3 is 0 Å². The van der Waals surface area contributed by atoms with Crippen molar-refractivity contribution < 1.29 is 0 Å². The van der Waals surface area contributed by atoms with Crippen LogP contribution in [-0.2, 0) is 0 Å². The van der Waals surface area contributed by atoms with Crippen molar-refractivity contribution in [2.24, 2.45) is 11.5 Å². The summed E-state index contributed by atoms with van der Waals surface area (Å²) < 4.78 is 0. The molecule has 0 heterocycles. The second-order valence-electron chi connectivity index (χ2n) is 2.34. The monoisotopic (exact) mass is 212 g/mol. The molecule has 70 valence electrons. The van der Waals surface area contributed by atoms with Gasteiger partial charge < -0.3 is 11.5 Å². The van der Waals surface area contributed by atoms with Crippen LogP contribution in [0.1, 0.15) is 12.5 Å². The van der Waals surface area contributed by atoms with Gasteiger partial charge in [-0.2, -0.15) is 0 Å². The quantitative estimate of drug-likeness (QED) is 0.695. The minimum Gasteiger partial charge on any atom is -0.394 e. The Hall–Kier alpha value is -1.00. The Morgan fingerprint density at radius 2 is 1.46 bits per heavy atom. The zero-order valence-electron chi connectivity index (χ0n) is 7.36. The average Bonchev–Trinajstić information content (AvgIpc) is 2.05. The van der Waals surface area contributed by atoms with E-state index in [-0.39, 0.29) is 0 Å². The fourth-order valence-electron chi connectivity index (χ4n) is 0.602. The molecule has 0 amide bonds. The molecule has 2 nitrogen and oxygen atoms in total. The van der Waals surface area contributed by atoms with E-state index in [0.717, 1.165) is 5.56 Å². The predicted octanol–water partition coefficient (Wildman–Crippen LogP) is 1.61. The van der Waals surface area contributed by atoms with Crippen molar-refractivity contribution in [1.82, 2.24) is 0 Å². The van der Waals surface area contributed by atoms with E-state index < -0.39 is 0 Å². The normalized spacial score (nSPS) is 8.08. The van der Waals surface area contributed by atoms with Crippen LogP contribution in [0.15, 0.2) is 30.3 Å². The van der Waals surface area contributed by atoms with Crippen LogP contribution in [0.25, 0.3) is 0 Å².